The lowest BCUT2D eigenvalue weighted by atomic mass is 9.68. The molecule has 4 aliphatic heterocycles. The molecule has 6 rings (SSSR count). The molecule has 2 saturated carbocycles. The Bertz CT molecular complexity index is 1220. The number of amides is 2. The number of nitrogens with zero attached hydrogens (tertiary/aromatic N) is 5. The zero-order valence-electron chi connectivity index (χ0n) is 28.3. The molecule has 5 N–H and O–H groups in total. The molecule has 0 aromatic rings. The third-order valence-electron chi connectivity index (χ3n) is 12.5. The summed E-state index contributed by atoms with van der Waals surface area (Å²) in [6.07, 6.45) is 10.8. The number of hydrogen-bond donors (Lipinski definition) is 3. The summed E-state index contributed by atoms with van der Waals surface area (Å²) < 4.78 is 31.2. The number of halogens is 2. The highest BCUT2D eigenvalue weighted by atomic mass is 19.1. The van der Waals surface area contributed by atoms with Crippen LogP contribution >= 0.6 is 0 Å². The Balaban J connectivity index is 1.24. The highest BCUT2D eigenvalue weighted by Crippen LogP contribution is 2.60. The summed E-state index contributed by atoms with van der Waals surface area (Å²) >= 11 is 0. The van der Waals surface area contributed by atoms with Crippen LogP contribution in [0.15, 0.2) is 21.9 Å². The lowest BCUT2D eigenvalue weighted by Crippen LogP contribution is -2.73. The van der Waals surface area contributed by atoms with Crippen molar-refractivity contribution in [3.05, 3.63) is 11.9 Å². The number of nitrogens with two attached hydrogens (primary N) is 2. The number of likely N-dealkylation sites (N-methyl/N-ethyl adjacent to an activating group) is 1. The van der Waals surface area contributed by atoms with Gasteiger partial charge in [-0.25, -0.2) is 8.78 Å². The number of nitrogens with one attached hydrogen (secondary N) is 1. The van der Waals surface area contributed by atoms with Crippen LogP contribution in [0.25, 0.3) is 0 Å². The van der Waals surface area contributed by atoms with Crippen molar-refractivity contribution < 1.29 is 18.4 Å². The number of piperidine rings is 1. The van der Waals surface area contributed by atoms with Gasteiger partial charge < -0.3 is 26.6 Å². The molecule has 0 aromatic carbocycles. The van der Waals surface area contributed by atoms with Gasteiger partial charge in [-0.1, -0.05) is 26.2 Å². The van der Waals surface area contributed by atoms with E-state index in [-0.39, 0.29) is 41.5 Å². The molecule has 0 aromatic heterocycles. The molecule has 6 unspecified atom stereocenters. The van der Waals surface area contributed by atoms with Gasteiger partial charge in [0.15, 0.2) is 0 Å². The second-order valence-corrected chi connectivity index (χ2v) is 15.4. The van der Waals surface area contributed by atoms with Gasteiger partial charge in [-0.05, 0) is 88.4 Å². The van der Waals surface area contributed by atoms with E-state index in [1.807, 2.05) is 11.1 Å². The van der Waals surface area contributed by atoms with Gasteiger partial charge >= 0.3 is 0 Å². The van der Waals surface area contributed by atoms with Crippen molar-refractivity contribution in [1.29, 1.82) is 0 Å². The van der Waals surface area contributed by atoms with E-state index < -0.39 is 41.7 Å². The minimum Gasteiger partial charge on any atom is -0.343 e. The number of carbonyl (C=O) groups excluding carboxylic acids is 2. The number of carbonyl (C=O) groups is 2. The van der Waals surface area contributed by atoms with E-state index in [0.29, 0.717) is 32.4 Å². The minimum atomic E-state index is -1.28. The van der Waals surface area contributed by atoms with Gasteiger partial charge in [-0.15, -0.1) is 0 Å². The fraction of sp³-hybridized carbons (Fsp3) is 0.829. The van der Waals surface area contributed by atoms with Gasteiger partial charge in [0.1, 0.15) is 12.0 Å². The Morgan fingerprint density at radius 3 is 2.40 bits per heavy atom. The molecule has 6 aliphatic rings. The Morgan fingerprint density at radius 1 is 1.04 bits per heavy atom. The Morgan fingerprint density at radius 2 is 1.74 bits per heavy atom. The monoisotopic (exact) mass is 658 g/mol. The van der Waals surface area contributed by atoms with Crippen molar-refractivity contribution in [3.63, 3.8) is 0 Å². The summed E-state index contributed by atoms with van der Waals surface area (Å²) in [4.78, 5) is 43.4. The summed E-state index contributed by atoms with van der Waals surface area (Å²) in [5, 5.41) is 3.36. The van der Waals surface area contributed by atoms with Gasteiger partial charge in [-0.3, -0.25) is 24.5 Å². The van der Waals surface area contributed by atoms with E-state index in [2.05, 4.69) is 39.1 Å². The van der Waals surface area contributed by atoms with E-state index in [4.69, 9.17) is 11.5 Å². The van der Waals surface area contributed by atoms with Crippen LogP contribution in [0.5, 0.6) is 0 Å². The van der Waals surface area contributed by atoms with Crippen molar-refractivity contribution in [3.8, 4) is 0 Å². The van der Waals surface area contributed by atoms with Gasteiger partial charge in [0.2, 0.25) is 11.8 Å². The molecular formula is C35H56F2N8O2. The minimum absolute atomic E-state index is 0.00997. The van der Waals surface area contributed by atoms with Crippen LogP contribution in [0.2, 0.25) is 0 Å². The van der Waals surface area contributed by atoms with Crippen LogP contribution in [-0.4, -0.2) is 122 Å². The maximum Gasteiger partial charge on any atom is 0.229 e. The molecule has 12 heteroatoms. The van der Waals surface area contributed by atoms with Crippen LogP contribution in [-0.2, 0) is 9.59 Å². The third-order valence-corrected chi connectivity index (χ3v) is 12.5. The molecule has 7 atom stereocenters. The quantitative estimate of drug-likeness (QED) is 0.344. The molecule has 10 nitrogen and oxygen atoms in total. The maximum absolute atomic E-state index is 16.4. The molecule has 0 bridgehead atoms. The molecule has 262 valence electrons. The fourth-order valence-corrected chi connectivity index (χ4v) is 9.56. The van der Waals surface area contributed by atoms with Crippen LogP contribution in [0, 0.1) is 29.1 Å². The largest absolute Gasteiger partial charge is 0.343 e. The van der Waals surface area contributed by atoms with Crippen molar-refractivity contribution in [2.75, 3.05) is 52.9 Å². The zero-order chi connectivity index (χ0) is 33.3. The topological polar surface area (TPSA) is 133 Å². The average Bonchev–Trinajstić information content (AvgIpc) is 3.73. The van der Waals surface area contributed by atoms with Gasteiger partial charge in [0.05, 0.1) is 42.5 Å². The Hall–Kier alpha value is -2.28. The molecule has 2 aliphatic carbocycles. The van der Waals surface area contributed by atoms with Crippen molar-refractivity contribution >= 4 is 24.2 Å². The number of piperazine rings is 1. The van der Waals surface area contributed by atoms with Gasteiger partial charge in [0, 0.05) is 38.3 Å². The average molecular weight is 659 g/mol. The predicted octanol–water partition coefficient (Wildman–Crippen LogP) is 2.67. The molecule has 4 fully saturated rings. The summed E-state index contributed by atoms with van der Waals surface area (Å²) in [6.45, 7) is 6.50. The highest BCUT2D eigenvalue weighted by Gasteiger charge is 2.56. The Labute approximate surface area is 278 Å². The lowest BCUT2D eigenvalue weighted by Gasteiger charge is -2.53. The third kappa shape index (κ3) is 7.07. The molecule has 4 heterocycles. The second-order valence-electron chi connectivity index (χ2n) is 15.4. The van der Waals surface area contributed by atoms with Crippen LogP contribution in [0.3, 0.4) is 0 Å². The number of aliphatic imine (C=N–C) groups is 2. The summed E-state index contributed by atoms with van der Waals surface area (Å²) in [5.41, 5.74) is 11.4. The highest BCUT2D eigenvalue weighted by molar-refractivity contribution is 5.88. The van der Waals surface area contributed by atoms with Gasteiger partial charge in [0.25, 0.3) is 0 Å². The van der Waals surface area contributed by atoms with E-state index in [1.54, 1.807) is 6.08 Å². The predicted molar refractivity (Wildman–Crippen MR) is 180 cm³/mol. The molecule has 2 saturated heterocycles. The molecule has 2 amide bonds. The number of allylic oxidation sites excluding steroid dienone is 2. The lowest BCUT2D eigenvalue weighted by molar-refractivity contribution is -0.139. The number of alkyl halides is 1. The van der Waals surface area contributed by atoms with E-state index in [0.717, 1.165) is 71.1 Å². The number of fused-ring (bicyclic) bond motifs is 1. The first-order valence-electron chi connectivity index (χ1n) is 18.2. The molecule has 0 radical (unpaired) electrons. The zero-order valence-corrected chi connectivity index (χ0v) is 28.3. The molecule has 47 heavy (non-hydrogen) atoms. The summed E-state index contributed by atoms with van der Waals surface area (Å²) in [5.74, 6) is -1.34. The number of likely N-dealkylation sites (tertiary alicyclic amines) is 1. The smallest absolute Gasteiger partial charge is 0.229 e. The SMILES string of the molecule is CC[C@@]12/C=C(/F)C=NC(C(C(=O)NC3(C4CCCCC4)C=NCC(F)C3N3CCC(C(=O)N4CCN(C)CC4)CC3)C(N)N)CC1C2. The first-order valence-corrected chi connectivity index (χ1v) is 18.2. The van der Waals surface area contributed by atoms with Crippen LogP contribution in [0.1, 0.15) is 71.1 Å². The van der Waals surface area contributed by atoms with Gasteiger partial charge in [-0.2, -0.15) is 0 Å². The molecular weight excluding hydrogens is 602 g/mol. The summed E-state index contributed by atoms with van der Waals surface area (Å²) in [6, 6.07) is -1.22. The number of hydrogen-bond acceptors (Lipinski definition) is 8. The second kappa shape index (κ2) is 14.3. The Kier molecular flexibility index (Phi) is 10.5. The number of rotatable bonds is 8. The van der Waals surface area contributed by atoms with Crippen molar-refractivity contribution in [2.24, 2.45) is 50.5 Å². The summed E-state index contributed by atoms with van der Waals surface area (Å²) in [7, 11) is 2.08. The van der Waals surface area contributed by atoms with Crippen LogP contribution < -0.4 is 16.8 Å². The van der Waals surface area contributed by atoms with Crippen molar-refractivity contribution in [1.82, 2.24) is 20.0 Å². The first-order chi connectivity index (χ1) is 22.6. The van der Waals surface area contributed by atoms with E-state index in [1.165, 1.54) is 6.21 Å². The molecule has 0 spiro atoms. The normalized spacial score (nSPS) is 37.9. The maximum atomic E-state index is 16.4. The standard InChI is InChI=1S/C35H56F2N8O2/c1-3-34-18-25(34)17-28(41-20-26(36)19-34)29(31(38)39)32(46)42-35(24-7-5-4-6-8-24)22-40-21-27(37)30(35)44-11-9-23(10-12-44)33(47)45-15-13-43(2)14-16-45/h19-20,22-25,27-31H,3-18,21,38-39H2,1-2H3,(H,42,46)/b26-19+,41-20?/t25?,27?,28?,29?,30?,34-,35?/m1/s1. The fourth-order valence-electron chi connectivity index (χ4n) is 9.56. The van der Waals surface area contributed by atoms with E-state index in [9.17, 15) is 14.0 Å². The van der Waals surface area contributed by atoms with Crippen molar-refractivity contribution in [2.45, 2.75) is 101 Å². The first kappa shape index (κ1) is 34.6. The van der Waals surface area contributed by atoms with Crippen LogP contribution in [0.4, 0.5) is 8.78 Å². The van der Waals surface area contributed by atoms with E-state index >= 15 is 4.39 Å².